The van der Waals surface area contributed by atoms with Crippen LogP contribution in [0.25, 0.3) is 10.9 Å². The average molecular weight is 318 g/mol. The number of aromatic nitrogens is 1. The standard InChI is InChI=1S/C21H22N2O/c1-14(2)15-7-9-16(10-8-15)21(24)23-12-11-20-18(13-23)17-5-3-4-6-19(17)22-20/h3-10,14,22H,11-13H2,1-2H3. The molecular formula is C21H22N2O. The van der Waals surface area contributed by atoms with E-state index in [-0.39, 0.29) is 5.91 Å². The van der Waals surface area contributed by atoms with E-state index in [1.165, 1.54) is 22.2 Å². The molecule has 0 atom stereocenters. The summed E-state index contributed by atoms with van der Waals surface area (Å²) in [5.74, 6) is 0.610. The van der Waals surface area contributed by atoms with Crippen molar-refractivity contribution in [3.05, 3.63) is 70.9 Å². The van der Waals surface area contributed by atoms with Gasteiger partial charge in [0.2, 0.25) is 0 Å². The Morgan fingerprint density at radius 1 is 1.08 bits per heavy atom. The van der Waals surface area contributed by atoms with E-state index in [0.29, 0.717) is 12.5 Å². The lowest BCUT2D eigenvalue weighted by atomic mass is 10.0. The number of hydrogen-bond acceptors (Lipinski definition) is 1. The van der Waals surface area contributed by atoms with Gasteiger partial charge in [-0.2, -0.15) is 0 Å². The summed E-state index contributed by atoms with van der Waals surface area (Å²) in [5.41, 5.74) is 5.75. The van der Waals surface area contributed by atoms with Gasteiger partial charge < -0.3 is 9.88 Å². The van der Waals surface area contributed by atoms with Crippen LogP contribution in [0, 0.1) is 0 Å². The maximum atomic E-state index is 12.9. The van der Waals surface area contributed by atoms with Crippen LogP contribution in [0.5, 0.6) is 0 Å². The maximum Gasteiger partial charge on any atom is 0.254 e. The fraction of sp³-hybridized carbons (Fsp3) is 0.286. The number of nitrogens with zero attached hydrogens (tertiary/aromatic N) is 1. The van der Waals surface area contributed by atoms with E-state index in [0.717, 1.165) is 24.0 Å². The number of benzene rings is 2. The Bertz CT molecular complexity index is 890. The van der Waals surface area contributed by atoms with Gasteiger partial charge >= 0.3 is 0 Å². The van der Waals surface area contributed by atoms with Crippen molar-refractivity contribution < 1.29 is 4.79 Å². The zero-order chi connectivity index (χ0) is 16.7. The van der Waals surface area contributed by atoms with Gasteiger partial charge in [0.15, 0.2) is 0 Å². The molecule has 1 aromatic heterocycles. The second-order valence-electron chi connectivity index (χ2n) is 6.88. The lowest BCUT2D eigenvalue weighted by Crippen LogP contribution is -2.35. The maximum absolute atomic E-state index is 12.9. The highest BCUT2D eigenvalue weighted by Crippen LogP contribution is 2.28. The average Bonchev–Trinajstić information content (AvgIpc) is 2.99. The molecule has 4 rings (SSSR count). The van der Waals surface area contributed by atoms with Gasteiger partial charge in [0, 0.05) is 47.2 Å². The van der Waals surface area contributed by atoms with Crippen LogP contribution in [0.15, 0.2) is 48.5 Å². The first kappa shape index (κ1) is 15.0. The minimum Gasteiger partial charge on any atom is -0.358 e. The number of carbonyl (C=O) groups excluding carboxylic acids is 1. The minimum absolute atomic E-state index is 0.126. The number of nitrogens with one attached hydrogen (secondary N) is 1. The van der Waals surface area contributed by atoms with Crippen molar-refractivity contribution in [3.8, 4) is 0 Å². The first-order valence-corrected chi connectivity index (χ1v) is 8.61. The molecule has 1 amide bonds. The summed E-state index contributed by atoms with van der Waals surface area (Å²) in [6, 6.07) is 16.4. The highest BCUT2D eigenvalue weighted by Gasteiger charge is 2.24. The SMILES string of the molecule is CC(C)c1ccc(C(=O)N2CCc3[nH]c4ccccc4c3C2)cc1. The van der Waals surface area contributed by atoms with Crippen molar-refractivity contribution in [1.29, 1.82) is 0 Å². The van der Waals surface area contributed by atoms with Crippen molar-refractivity contribution >= 4 is 16.8 Å². The van der Waals surface area contributed by atoms with E-state index in [9.17, 15) is 4.79 Å². The molecule has 3 nitrogen and oxygen atoms in total. The predicted molar refractivity (Wildman–Crippen MR) is 97.3 cm³/mol. The molecule has 1 aliphatic rings. The van der Waals surface area contributed by atoms with E-state index in [2.05, 4.69) is 49.2 Å². The molecule has 0 radical (unpaired) electrons. The van der Waals surface area contributed by atoms with Gasteiger partial charge in [-0.15, -0.1) is 0 Å². The lowest BCUT2D eigenvalue weighted by molar-refractivity contribution is 0.0735. The number of fused-ring (bicyclic) bond motifs is 3. The molecule has 0 bridgehead atoms. The number of para-hydroxylation sites is 1. The Labute approximate surface area is 142 Å². The molecule has 24 heavy (non-hydrogen) atoms. The summed E-state index contributed by atoms with van der Waals surface area (Å²) >= 11 is 0. The summed E-state index contributed by atoms with van der Waals surface area (Å²) in [4.78, 5) is 18.3. The Morgan fingerprint density at radius 2 is 1.83 bits per heavy atom. The minimum atomic E-state index is 0.126. The van der Waals surface area contributed by atoms with Crippen LogP contribution in [-0.2, 0) is 13.0 Å². The molecule has 0 saturated carbocycles. The van der Waals surface area contributed by atoms with Crippen LogP contribution in [-0.4, -0.2) is 22.3 Å². The number of rotatable bonds is 2. The van der Waals surface area contributed by atoms with Crippen LogP contribution in [0.2, 0.25) is 0 Å². The van der Waals surface area contributed by atoms with Crippen LogP contribution >= 0.6 is 0 Å². The van der Waals surface area contributed by atoms with Crippen molar-refractivity contribution in [2.24, 2.45) is 0 Å². The third kappa shape index (κ3) is 2.50. The molecule has 2 heterocycles. The topological polar surface area (TPSA) is 36.1 Å². The van der Waals surface area contributed by atoms with E-state index in [1.54, 1.807) is 0 Å². The van der Waals surface area contributed by atoms with E-state index < -0.39 is 0 Å². The van der Waals surface area contributed by atoms with Crippen molar-refractivity contribution in [2.45, 2.75) is 32.7 Å². The Morgan fingerprint density at radius 3 is 2.58 bits per heavy atom. The molecule has 0 saturated heterocycles. The highest BCUT2D eigenvalue weighted by atomic mass is 16.2. The van der Waals surface area contributed by atoms with Crippen molar-refractivity contribution in [2.75, 3.05) is 6.54 Å². The van der Waals surface area contributed by atoms with Gasteiger partial charge in [0.25, 0.3) is 5.91 Å². The molecule has 0 aliphatic carbocycles. The van der Waals surface area contributed by atoms with Crippen molar-refractivity contribution in [1.82, 2.24) is 9.88 Å². The first-order valence-electron chi connectivity index (χ1n) is 8.61. The number of aromatic amines is 1. The van der Waals surface area contributed by atoms with Gasteiger partial charge in [-0.05, 0) is 29.7 Å². The monoisotopic (exact) mass is 318 g/mol. The van der Waals surface area contributed by atoms with Crippen LogP contribution in [0.3, 0.4) is 0 Å². The third-order valence-electron chi connectivity index (χ3n) is 4.99. The van der Waals surface area contributed by atoms with Gasteiger partial charge in [-0.25, -0.2) is 0 Å². The Hall–Kier alpha value is -2.55. The zero-order valence-corrected chi connectivity index (χ0v) is 14.2. The second-order valence-corrected chi connectivity index (χ2v) is 6.88. The number of carbonyl (C=O) groups is 1. The smallest absolute Gasteiger partial charge is 0.254 e. The molecule has 0 unspecified atom stereocenters. The first-order chi connectivity index (χ1) is 11.6. The molecule has 3 aromatic rings. The fourth-order valence-electron chi connectivity index (χ4n) is 3.53. The molecule has 2 aromatic carbocycles. The molecule has 0 fully saturated rings. The predicted octanol–water partition coefficient (Wildman–Crippen LogP) is 4.49. The van der Waals surface area contributed by atoms with Gasteiger partial charge in [-0.3, -0.25) is 4.79 Å². The third-order valence-corrected chi connectivity index (χ3v) is 4.99. The molecule has 3 heteroatoms. The largest absolute Gasteiger partial charge is 0.358 e. The lowest BCUT2D eigenvalue weighted by Gasteiger charge is -2.27. The number of hydrogen-bond donors (Lipinski definition) is 1. The summed E-state index contributed by atoms with van der Waals surface area (Å²) < 4.78 is 0. The molecule has 1 aliphatic heterocycles. The number of H-pyrrole nitrogens is 1. The number of amides is 1. The zero-order valence-electron chi connectivity index (χ0n) is 14.2. The Kier molecular flexibility index (Phi) is 3.64. The fourth-order valence-corrected chi connectivity index (χ4v) is 3.53. The summed E-state index contributed by atoms with van der Waals surface area (Å²) in [6.45, 7) is 5.79. The van der Waals surface area contributed by atoms with Crippen molar-refractivity contribution in [3.63, 3.8) is 0 Å². The highest BCUT2D eigenvalue weighted by molar-refractivity contribution is 5.95. The molecule has 0 spiro atoms. The molecule has 1 N–H and O–H groups in total. The normalized spacial score (nSPS) is 14.2. The second kappa shape index (κ2) is 5.82. The van der Waals surface area contributed by atoms with Crippen LogP contribution in [0.1, 0.15) is 46.9 Å². The van der Waals surface area contributed by atoms with Gasteiger partial charge in [-0.1, -0.05) is 44.2 Å². The summed E-state index contributed by atoms with van der Waals surface area (Å²) in [6.07, 6.45) is 0.889. The molecular weight excluding hydrogens is 296 g/mol. The van der Waals surface area contributed by atoms with E-state index in [1.807, 2.05) is 23.1 Å². The van der Waals surface area contributed by atoms with Crippen LogP contribution < -0.4 is 0 Å². The van der Waals surface area contributed by atoms with Gasteiger partial charge in [0.1, 0.15) is 0 Å². The van der Waals surface area contributed by atoms with E-state index in [4.69, 9.17) is 0 Å². The molecule has 122 valence electrons. The Balaban J connectivity index is 1.60. The van der Waals surface area contributed by atoms with E-state index >= 15 is 0 Å². The summed E-state index contributed by atoms with van der Waals surface area (Å²) in [5, 5.41) is 1.24. The van der Waals surface area contributed by atoms with Gasteiger partial charge in [0.05, 0.1) is 0 Å². The quantitative estimate of drug-likeness (QED) is 0.742. The summed E-state index contributed by atoms with van der Waals surface area (Å²) in [7, 11) is 0. The van der Waals surface area contributed by atoms with Crippen LogP contribution in [0.4, 0.5) is 0 Å².